The van der Waals surface area contributed by atoms with Crippen molar-refractivity contribution in [2.24, 2.45) is 0 Å². The number of benzene rings is 1. The zero-order valence-corrected chi connectivity index (χ0v) is 8.78. The minimum atomic E-state index is 0.203. The zero-order chi connectivity index (χ0) is 11.7. The molecule has 0 saturated heterocycles. The summed E-state index contributed by atoms with van der Waals surface area (Å²) in [5.41, 5.74) is 7.99. The number of nitrogens with zero attached hydrogens (tertiary/aromatic N) is 5. The first kappa shape index (κ1) is 9.59. The Bertz CT molecular complexity index is 681. The molecule has 0 fully saturated rings. The molecule has 3 rings (SSSR count). The van der Waals surface area contributed by atoms with Gasteiger partial charge in [-0.15, -0.1) is 0 Å². The van der Waals surface area contributed by atoms with E-state index in [4.69, 9.17) is 5.73 Å². The number of nitrogen functional groups attached to an aromatic ring is 1. The molecule has 3 aromatic rings. The van der Waals surface area contributed by atoms with E-state index in [2.05, 4.69) is 24.9 Å². The predicted molar refractivity (Wildman–Crippen MR) is 62.8 cm³/mol. The van der Waals surface area contributed by atoms with Crippen molar-refractivity contribution >= 4 is 17.0 Å². The van der Waals surface area contributed by atoms with Gasteiger partial charge >= 0.3 is 0 Å². The Morgan fingerprint density at radius 3 is 2.53 bits per heavy atom. The van der Waals surface area contributed by atoms with Gasteiger partial charge in [0.15, 0.2) is 5.82 Å². The highest BCUT2D eigenvalue weighted by Gasteiger charge is 2.04. The van der Waals surface area contributed by atoms with Crippen molar-refractivity contribution in [3.63, 3.8) is 0 Å². The predicted octanol–water partition coefficient (Wildman–Crippen LogP) is 1.06. The van der Waals surface area contributed by atoms with Crippen molar-refractivity contribution in [3.05, 3.63) is 36.9 Å². The van der Waals surface area contributed by atoms with E-state index < -0.39 is 0 Å². The monoisotopic (exact) mass is 224 g/mol. The Labute approximate surface area is 96.6 Å². The lowest BCUT2D eigenvalue weighted by molar-refractivity contribution is 1.07. The van der Waals surface area contributed by atoms with Gasteiger partial charge in [-0.3, -0.25) is 9.97 Å². The van der Waals surface area contributed by atoms with Crippen LogP contribution in [-0.4, -0.2) is 24.9 Å². The summed E-state index contributed by atoms with van der Waals surface area (Å²) in [6, 6.07) is 5.63. The highest BCUT2D eigenvalue weighted by Crippen LogP contribution is 2.18. The van der Waals surface area contributed by atoms with E-state index in [1.807, 2.05) is 18.2 Å². The fourth-order valence-electron chi connectivity index (χ4n) is 1.55. The van der Waals surface area contributed by atoms with Crippen LogP contribution in [0.2, 0.25) is 0 Å². The Hall–Kier alpha value is -2.63. The Balaban J connectivity index is 2.18. The van der Waals surface area contributed by atoms with Crippen LogP contribution in [-0.2, 0) is 0 Å². The van der Waals surface area contributed by atoms with Crippen molar-refractivity contribution in [1.29, 1.82) is 0 Å². The summed E-state index contributed by atoms with van der Waals surface area (Å²) in [7, 11) is 0. The summed E-state index contributed by atoms with van der Waals surface area (Å²) in [4.78, 5) is 20.3. The molecule has 1 aromatic carbocycles. The van der Waals surface area contributed by atoms with Crippen LogP contribution >= 0.6 is 0 Å². The molecule has 2 heterocycles. The number of hydrogen-bond donors (Lipinski definition) is 1. The van der Waals surface area contributed by atoms with Crippen LogP contribution < -0.4 is 5.73 Å². The molecule has 0 aliphatic heterocycles. The van der Waals surface area contributed by atoms with Gasteiger partial charge in [0.1, 0.15) is 6.33 Å². The van der Waals surface area contributed by atoms with Gasteiger partial charge in [-0.05, 0) is 18.2 Å². The van der Waals surface area contributed by atoms with Gasteiger partial charge in [0.2, 0.25) is 5.95 Å². The maximum atomic E-state index is 5.52. The van der Waals surface area contributed by atoms with Crippen molar-refractivity contribution in [1.82, 2.24) is 24.9 Å². The van der Waals surface area contributed by atoms with E-state index in [0.717, 1.165) is 16.6 Å². The molecule has 6 nitrogen and oxygen atoms in total. The SMILES string of the molecule is Nc1ncnc(-c2ccc3nccnc3c2)n1. The third-order valence-electron chi connectivity index (χ3n) is 2.32. The zero-order valence-electron chi connectivity index (χ0n) is 8.78. The summed E-state index contributed by atoms with van der Waals surface area (Å²) < 4.78 is 0. The highest BCUT2D eigenvalue weighted by atomic mass is 15.1. The lowest BCUT2D eigenvalue weighted by Crippen LogP contribution is -1.98. The number of aromatic nitrogens is 5. The maximum absolute atomic E-state index is 5.52. The number of nitrogens with two attached hydrogens (primary N) is 1. The first-order valence-corrected chi connectivity index (χ1v) is 4.98. The van der Waals surface area contributed by atoms with Gasteiger partial charge in [-0.1, -0.05) is 0 Å². The molecule has 82 valence electrons. The number of hydrogen-bond acceptors (Lipinski definition) is 6. The molecular formula is C11H8N6. The molecule has 0 aliphatic rings. The van der Waals surface area contributed by atoms with Gasteiger partial charge in [0.05, 0.1) is 11.0 Å². The van der Waals surface area contributed by atoms with Gasteiger partial charge in [-0.2, -0.15) is 4.98 Å². The first-order chi connectivity index (χ1) is 8.33. The molecular weight excluding hydrogens is 216 g/mol. The van der Waals surface area contributed by atoms with Crippen molar-refractivity contribution in [2.75, 3.05) is 5.73 Å². The molecule has 0 bridgehead atoms. The van der Waals surface area contributed by atoms with Gasteiger partial charge in [0, 0.05) is 18.0 Å². The van der Waals surface area contributed by atoms with Gasteiger partial charge < -0.3 is 5.73 Å². The molecule has 0 radical (unpaired) electrons. The molecule has 0 aliphatic carbocycles. The molecule has 17 heavy (non-hydrogen) atoms. The first-order valence-electron chi connectivity index (χ1n) is 4.98. The summed E-state index contributed by atoms with van der Waals surface area (Å²) in [6.07, 6.45) is 4.69. The fraction of sp³-hybridized carbons (Fsp3) is 0. The smallest absolute Gasteiger partial charge is 0.223 e. The minimum Gasteiger partial charge on any atom is -0.368 e. The van der Waals surface area contributed by atoms with Crippen LogP contribution in [0.5, 0.6) is 0 Å². The van der Waals surface area contributed by atoms with E-state index in [1.54, 1.807) is 12.4 Å². The van der Waals surface area contributed by atoms with Crippen LogP contribution in [0.15, 0.2) is 36.9 Å². The molecule has 2 N–H and O–H groups in total. The summed E-state index contributed by atoms with van der Waals surface area (Å²) in [5, 5.41) is 0. The summed E-state index contributed by atoms with van der Waals surface area (Å²) in [6.45, 7) is 0. The second-order valence-corrected chi connectivity index (χ2v) is 3.43. The lowest BCUT2D eigenvalue weighted by Gasteiger charge is -2.01. The van der Waals surface area contributed by atoms with E-state index in [0.29, 0.717) is 5.82 Å². The Morgan fingerprint density at radius 2 is 1.71 bits per heavy atom. The van der Waals surface area contributed by atoms with E-state index >= 15 is 0 Å². The maximum Gasteiger partial charge on any atom is 0.223 e. The number of fused-ring (bicyclic) bond motifs is 1. The van der Waals surface area contributed by atoms with Crippen molar-refractivity contribution in [2.45, 2.75) is 0 Å². The molecule has 2 aromatic heterocycles. The lowest BCUT2D eigenvalue weighted by atomic mass is 10.2. The number of anilines is 1. The molecule has 0 amide bonds. The number of rotatable bonds is 1. The second kappa shape index (κ2) is 3.75. The fourth-order valence-corrected chi connectivity index (χ4v) is 1.55. The molecule has 0 spiro atoms. The average Bonchev–Trinajstić information content (AvgIpc) is 2.38. The Morgan fingerprint density at radius 1 is 0.882 bits per heavy atom. The third kappa shape index (κ3) is 1.76. The standard InChI is InChI=1S/C11H8N6/c12-11-16-6-15-10(17-11)7-1-2-8-9(5-7)14-4-3-13-8/h1-6H,(H2,12,15,16,17). The Kier molecular flexibility index (Phi) is 2.11. The van der Waals surface area contributed by atoms with E-state index in [9.17, 15) is 0 Å². The van der Waals surface area contributed by atoms with Crippen molar-refractivity contribution < 1.29 is 0 Å². The van der Waals surface area contributed by atoms with Crippen LogP contribution in [0.3, 0.4) is 0 Å². The summed E-state index contributed by atoms with van der Waals surface area (Å²) >= 11 is 0. The largest absolute Gasteiger partial charge is 0.368 e. The van der Waals surface area contributed by atoms with Crippen molar-refractivity contribution in [3.8, 4) is 11.4 Å². The van der Waals surface area contributed by atoms with Crippen LogP contribution in [0.25, 0.3) is 22.4 Å². The molecule has 6 heteroatoms. The molecule has 0 saturated carbocycles. The van der Waals surface area contributed by atoms with E-state index in [-0.39, 0.29) is 5.95 Å². The van der Waals surface area contributed by atoms with Crippen LogP contribution in [0.4, 0.5) is 5.95 Å². The van der Waals surface area contributed by atoms with Gasteiger partial charge in [0.25, 0.3) is 0 Å². The molecule has 0 atom stereocenters. The average molecular weight is 224 g/mol. The van der Waals surface area contributed by atoms with E-state index in [1.165, 1.54) is 6.33 Å². The minimum absolute atomic E-state index is 0.203. The van der Waals surface area contributed by atoms with Crippen LogP contribution in [0.1, 0.15) is 0 Å². The van der Waals surface area contributed by atoms with Crippen LogP contribution in [0, 0.1) is 0 Å². The third-order valence-corrected chi connectivity index (χ3v) is 2.32. The normalized spacial score (nSPS) is 10.6. The van der Waals surface area contributed by atoms with Gasteiger partial charge in [-0.25, -0.2) is 9.97 Å². The second-order valence-electron chi connectivity index (χ2n) is 3.43. The summed E-state index contributed by atoms with van der Waals surface area (Å²) in [5.74, 6) is 0.735. The highest BCUT2D eigenvalue weighted by molar-refractivity contribution is 5.79. The topological polar surface area (TPSA) is 90.5 Å². The molecule has 0 unspecified atom stereocenters. The quantitative estimate of drug-likeness (QED) is 0.664.